The van der Waals surface area contributed by atoms with Gasteiger partial charge in [0.15, 0.2) is 5.78 Å². The SMILES string of the molecule is CCCCC(CC)COCC1(C(O)(O)C(O)c2ccccc2)OCC(=O)CO1. The zero-order valence-electron chi connectivity index (χ0n) is 16.7. The Kier molecular flexibility index (Phi) is 8.55. The number of aliphatic hydroxyl groups excluding tert-OH is 1. The van der Waals surface area contributed by atoms with Crippen LogP contribution in [0.2, 0.25) is 0 Å². The average molecular weight is 396 g/mol. The van der Waals surface area contributed by atoms with Crippen molar-refractivity contribution in [2.45, 2.75) is 57.2 Å². The molecule has 0 radical (unpaired) electrons. The molecule has 0 amide bonds. The summed E-state index contributed by atoms with van der Waals surface area (Å²) >= 11 is 0. The van der Waals surface area contributed by atoms with Gasteiger partial charge in [0.05, 0.1) is 0 Å². The number of benzene rings is 1. The minimum atomic E-state index is -2.82. The number of unbranched alkanes of at least 4 members (excludes halogenated alkanes) is 1. The Labute approximate surface area is 166 Å². The van der Waals surface area contributed by atoms with Gasteiger partial charge in [-0.2, -0.15) is 0 Å². The van der Waals surface area contributed by atoms with E-state index in [0.717, 1.165) is 25.7 Å². The molecule has 0 aromatic heterocycles. The van der Waals surface area contributed by atoms with Crippen molar-refractivity contribution < 1.29 is 34.3 Å². The average Bonchev–Trinajstić information content (AvgIpc) is 2.72. The normalized spacial score (nSPS) is 19.4. The Morgan fingerprint density at radius 3 is 2.39 bits per heavy atom. The van der Waals surface area contributed by atoms with Crippen LogP contribution in [0, 0.1) is 5.92 Å². The third kappa shape index (κ3) is 5.37. The van der Waals surface area contributed by atoms with Crippen LogP contribution in [-0.2, 0) is 19.0 Å². The number of Topliss-reactive ketones (excluding diaryl/α,β-unsaturated/α-hetero) is 1. The first kappa shape index (κ1) is 22.9. The lowest BCUT2D eigenvalue weighted by atomic mass is 9.93. The lowest BCUT2D eigenvalue weighted by molar-refractivity contribution is -0.423. The molecule has 1 aromatic rings. The van der Waals surface area contributed by atoms with E-state index in [-0.39, 0.29) is 31.2 Å². The maximum atomic E-state index is 11.5. The van der Waals surface area contributed by atoms with Gasteiger partial charge < -0.3 is 29.5 Å². The van der Waals surface area contributed by atoms with Crippen molar-refractivity contribution in [2.24, 2.45) is 5.92 Å². The molecule has 3 N–H and O–H groups in total. The first-order chi connectivity index (χ1) is 13.4. The van der Waals surface area contributed by atoms with Crippen LogP contribution >= 0.6 is 0 Å². The Balaban J connectivity index is 2.14. The van der Waals surface area contributed by atoms with Gasteiger partial charge in [-0.3, -0.25) is 4.79 Å². The van der Waals surface area contributed by atoms with Crippen molar-refractivity contribution in [3.05, 3.63) is 35.9 Å². The molecule has 1 saturated heterocycles. The third-order valence-electron chi connectivity index (χ3n) is 5.18. The highest BCUT2D eigenvalue weighted by Crippen LogP contribution is 2.38. The van der Waals surface area contributed by atoms with E-state index in [2.05, 4.69) is 13.8 Å². The van der Waals surface area contributed by atoms with E-state index in [0.29, 0.717) is 12.5 Å². The molecule has 28 heavy (non-hydrogen) atoms. The standard InChI is InChI=1S/C21H32O7/c1-3-5-9-16(4-2)12-26-15-20(27-13-18(22)14-28-20)21(24,25)19(23)17-10-7-6-8-11-17/h6-8,10-11,16,19,23-25H,3-5,9,12-15H2,1-2H3. The molecule has 2 atom stereocenters. The Bertz CT molecular complexity index is 592. The van der Waals surface area contributed by atoms with Crippen molar-refractivity contribution in [3.8, 4) is 0 Å². The number of hydrogen-bond donors (Lipinski definition) is 3. The monoisotopic (exact) mass is 396 g/mol. The number of hydrogen-bond acceptors (Lipinski definition) is 7. The third-order valence-corrected chi connectivity index (χ3v) is 5.18. The Morgan fingerprint density at radius 2 is 1.82 bits per heavy atom. The molecule has 7 heteroatoms. The van der Waals surface area contributed by atoms with Gasteiger partial charge in [0.1, 0.15) is 25.9 Å². The summed E-state index contributed by atoms with van der Waals surface area (Å²) in [4.78, 5) is 11.5. The summed E-state index contributed by atoms with van der Waals surface area (Å²) in [6.45, 7) is 3.59. The van der Waals surface area contributed by atoms with Gasteiger partial charge >= 0.3 is 0 Å². The number of ketones is 1. The first-order valence-corrected chi connectivity index (χ1v) is 9.91. The summed E-state index contributed by atoms with van der Waals surface area (Å²) in [6, 6.07) is 8.21. The van der Waals surface area contributed by atoms with Crippen molar-refractivity contribution in [3.63, 3.8) is 0 Å². The highest BCUT2D eigenvalue weighted by molar-refractivity contribution is 5.81. The van der Waals surface area contributed by atoms with E-state index in [1.807, 2.05) is 0 Å². The van der Waals surface area contributed by atoms with Gasteiger partial charge in [-0.15, -0.1) is 0 Å². The van der Waals surface area contributed by atoms with Crippen LogP contribution < -0.4 is 0 Å². The van der Waals surface area contributed by atoms with Crippen molar-refractivity contribution in [2.75, 3.05) is 26.4 Å². The Morgan fingerprint density at radius 1 is 1.18 bits per heavy atom. The maximum Gasteiger partial charge on any atom is 0.252 e. The lowest BCUT2D eigenvalue weighted by Gasteiger charge is -2.46. The van der Waals surface area contributed by atoms with E-state index in [1.165, 1.54) is 0 Å². The van der Waals surface area contributed by atoms with Crippen LogP contribution in [0.1, 0.15) is 51.2 Å². The number of aliphatic hydroxyl groups is 3. The zero-order chi connectivity index (χ0) is 20.6. The molecule has 0 saturated carbocycles. The van der Waals surface area contributed by atoms with Gasteiger partial charge in [0, 0.05) is 6.61 Å². The molecular weight excluding hydrogens is 364 g/mol. The molecular formula is C21H32O7. The van der Waals surface area contributed by atoms with Crippen LogP contribution in [-0.4, -0.2) is 59.1 Å². The van der Waals surface area contributed by atoms with Crippen LogP contribution in [0.4, 0.5) is 0 Å². The van der Waals surface area contributed by atoms with E-state index >= 15 is 0 Å². The number of rotatable bonds is 11. The van der Waals surface area contributed by atoms with Crippen LogP contribution in [0.5, 0.6) is 0 Å². The second-order valence-corrected chi connectivity index (χ2v) is 7.34. The van der Waals surface area contributed by atoms with Crippen molar-refractivity contribution >= 4 is 5.78 Å². The first-order valence-electron chi connectivity index (χ1n) is 9.91. The molecule has 1 heterocycles. The molecule has 0 spiro atoms. The molecule has 158 valence electrons. The van der Waals surface area contributed by atoms with Gasteiger partial charge in [0.2, 0.25) is 0 Å². The van der Waals surface area contributed by atoms with Gasteiger partial charge in [-0.05, 0) is 17.9 Å². The van der Waals surface area contributed by atoms with E-state index in [1.54, 1.807) is 30.3 Å². The smallest absolute Gasteiger partial charge is 0.252 e. The zero-order valence-corrected chi connectivity index (χ0v) is 16.7. The van der Waals surface area contributed by atoms with Gasteiger partial charge in [-0.25, -0.2) is 0 Å². The summed E-state index contributed by atoms with van der Waals surface area (Å²) in [5.41, 5.74) is 0.283. The molecule has 0 aliphatic carbocycles. The molecule has 2 unspecified atom stereocenters. The fourth-order valence-corrected chi connectivity index (χ4v) is 3.21. The van der Waals surface area contributed by atoms with Crippen molar-refractivity contribution in [1.29, 1.82) is 0 Å². The van der Waals surface area contributed by atoms with E-state index < -0.39 is 17.7 Å². The highest BCUT2D eigenvalue weighted by Gasteiger charge is 2.59. The van der Waals surface area contributed by atoms with Crippen LogP contribution in [0.3, 0.4) is 0 Å². The molecule has 1 aliphatic heterocycles. The molecule has 0 bridgehead atoms. The maximum absolute atomic E-state index is 11.5. The summed E-state index contributed by atoms with van der Waals surface area (Å²) in [5, 5.41) is 32.3. The Hall–Kier alpha value is -1.35. The molecule has 1 aliphatic rings. The summed E-state index contributed by atoms with van der Waals surface area (Å²) in [5.74, 6) is -4.89. The number of ether oxygens (including phenoxy) is 3. The molecule has 2 rings (SSSR count). The van der Waals surface area contributed by atoms with E-state index in [9.17, 15) is 20.1 Å². The number of carbonyl (C=O) groups excluding carboxylic acids is 1. The lowest BCUT2D eigenvalue weighted by Crippen LogP contribution is -2.66. The second kappa shape index (κ2) is 10.4. The van der Waals surface area contributed by atoms with E-state index in [4.69, 9.17) is 14.2 Å². The predicted molar refractivity (Wildman–Crippen MR) is 102 cm³/mol. The predicted octanol–water partition coefficient (Wildman–Crippen LogP) is 1.95. The highest BCUT2D eigenvalue weighted by atomic mass is 16.8. The van der Waals surface area contributed by atoms with Gasteiger partial charge in [0.25, 0.3) is 11.6 Å². The fourth-order valence-electron chi connectivity index (χ4n) is 3.21. The largest absolute Gasteiger partial charge is 0.383 e. The molecule has 1 aromatic carbocycles. The topological polar surface area (TPSA) is 105 Å². The number of carbonyl (C=O) groups is 1. The van der Waals surface area contributed by atoms with Crippen LogP contribution in [0.25, 0.3) is 0 Å². The summed E-state index contributed by atoms with van der Waals surface area (Å²) in [7, 11) is 0. The minimum absolute atomic E-state index is 0.283. The summed E-state index contributed by atoms with van der Waals surface area (Å²) in [6.07, 6.45) is 2.41. The summed E-state index contributed by atoms with van der Waals surface area (Å²) < 4.78 is 16.6. The second-order valence-electron chi connectivity index (χ2n) is 7.34. The van der Waals surface area contributed by atoms with Gasteiger partial charge in [-0.1, -0.05) is 63.4 Å². The molecule has 7 nitrogen and oxygen atoms in total. The minimum Gasteiger partial charge on any atom is -0.383 e. The fraction of sp³-hybridized carbons (Fsp3) is 0.667. The molecule has 1 fully saturated rings. The van der Waals surface area contributed by atoms with Crippen molar-refractivity contribution in [1.82, 2.24) is 0 Å². The van der Waals surface area contributed by atoms with Crippen LogP contribution in [0.15, 0.2) is 30.3 Å². The quantitative estimate of drug-likeness (QED) is 0.491.